The van der Waals surface area contributed by atoms with Crippen molar-refractivity contribution in [2.24, 2.45) is 0 Å². The van der Waals surface area contributed by atoms with Crippen molar-refractivity contribution in [2.75, 3.05) is 37.7 Å². The van der Waals surface area contributed by atoms with E-state index in [4.69, 9.17) is 9.72 Å². The lowest BCUT2D eigenvalue weighted by molar-refractivity contribution is 0.0732. The third kappa shape index (κ3) is 3.56. The van der Waals surface area contributed by atoms with Crippen molar-refractivity contribution in [3.05, 3.63) is 36.2 Å². The van der Waals surface area contributed by atoms with E-state index in [2.05, 4.69) is 10.00 Å². The molecule has 0 unspecified atom stereocenters. The highest BCUT2D eigenvalue weighted by Gasteiger charge is 2.26. The van der Waals surface area contributed by atoms with Crippen molar-refractivity contribution in [1.82, 2.24) is 19.7 Å². The number of ether oxygens (including phenoxy) is 1. The average Bonchev–Trinajstić information content (AvgIpc) is 3.34. The van der Waals surface area contributed by atoms with E-state index in [9.17, 15) is 4.79 Å². The lowest BCUT2D eigenvalue weighted by Gasteiger charge is -2.34. The number of hydrogen-bond acceptors (Lipinski definition) is 6. The van der Waals surface area contributed by atoms with Crippen LogP contribution in [-0.2, 0) is 0 Å². The van der Waals surface area contributed by atoms with Crippen LogP contribution < -0.4 is 9.64 Å². The number of rotatable bonds is 5. The van der Waals surface area contributed by atoms with Gasteiger partial charge in [0.15, 0.2) is 5.13 Å². The van der Waals surface area contributed by atoms with Gasteiger partial charge >= 0.3 is 0 Å². The molecule has 1 aromatic carbocycles. The van der Waals surface area contributed by atoms with Crippen molar-refractivity contribution < 1.29 is 9.53 Å². The van der Waals surface area contributed by atoms with Gasteiger partial charge in [0.05, 0.1) is 16.8 Å². The van der Waals surface area contributed by atoms with Crippen LogP contribution in [0.2, 0.25) is 0 Å². The highest BCUT2D eigenvalue weighted by atomic mass is 32.1. The Bertz CT molecular complexity index is 972. The van der Waals surface area contributed by atoms with Crippen LogP contribution in [0.25, 0.3) is 10.2 Å². The lowest BCUT2D eigenvalue weighted by atomic mass is 10.2. The molecule has 1 aliphatic heterocycles. The molecular formula is C20H25N5O2S. The Balaban J connectivity index is 1.44. The number of anilines is 1. The third-order valence-electron chi connectivity index (χ3n) is 4.88. The molecule has 1 amide bonds. The molecule has 0 radical (unpaired) electrons. The van der Waals surface area contributed by atoms with Crippen LogP contribution >= 0.6 is 11.3 Å². The van der Waals surface area contributed by atoms with E-state index >= 15 is 0 Å². The summed E-state index contributed by atoms with van der Waals surface area (Å²) >= 11 is 1.67. The zero-order valence-electron chi connectivity index (χ0n) is 16.5. The number of aromatic nitrogens is 3. The maximum atomic E-state index is 12.9. The maximum absolute atomic E-state index is 12.9. The number of carbonyl (C=O) groups excluding carboxylic acids is 1. The molecule has 0 aliphatic carbocycles. The van der Waals surface area contributed by atoms with Gasteiger partial charge in [0.2, 0.25) is 0 Å². The van der Waals surface area contributed by atoms with Crippen molar-refractivity contribution in [3.63, 3.8) is 0 Å². The van der Waals surface area contributed by atoms with Gasteiger partial charge < -0.3 is 14.5 Å². The molecule has 1 saturated heterocycles. The first-order chi connectivity index (χ1) is 13.6. The topological polar surface area (TPSA) is 63.5 Å². The summed E-state index contributed by atoms with van der Waals surface area (Å²) in [7, 11) is 0. The molecule has 7 nitrogen and oxygen atoms in total. The molecule has 3 aromatic rings. The Morgan fingerprint density at radius 3 is 2.71 bits per heavy atom. The van der Waals surface area contributed by atoms with Gasteiger partial charge in [0.1, 0.15) is 11.4 Å². The van der Waals surface area contributed by atoms with Crippen molar-refractivity contribution in [2.45, 2.75) is 26.8 Å². The Hall–Kier alpha value is -2.61. The number of thiazole rings is 1. The molecule has 0 atom stereocenters. The summed E-state index contributed by atoms with van der Waals surface area (Å²) in [5.41, 5.74) is 1.65. The summed E-state index contributed by atoms with van der Waals surface area (Å²) in [6, 6.07) is 7.99. The SMILES string of the molecule is CCOc1ccc2nc(N3CCN(C(=O)c4ccnn4C(C)C)CC3)sc2c1. The van der Waals surface area contributed by atoms with E-state index in [1.807, 2.05) is 43.9 Å². The first-order valence-corrected chi connectivity index (χ1v) is 10.5. The minimum absolute atomic E-state index is 0.0523. The predicted octanol–water partition coefficient (Wildman–Crippen LogP) is 3.43. The molecule has 0 bridgehead atoms. The number of nitrogens with zero attached hydrogens (tertiary/aromatic N) is 5. The fourth-order valence-corrected chi connectivity index (χ4v) is 4.49. The van der Waals surface area contributed by atoms with Gasteiger partial charge in [0, 0.05) is 38.4 Å². The molecule has 1 fully saturated rings. The molecule has 0 spiro atoms. The largest absolute Gasteiger partial charge is 0.494 e. The predicted molar refractivity (Wildman–Crippen MR) is 112 cm³/mol. The zero-order chi connectivity index (χ0) is 19.7. The van der Waals surface area contributed by atoms with Crippen LogP contribution in [0.5, 0.6) is 5.75 Å². The number of fused-ring (bicyclic) bond motifs is 1. The highest BCUT2D eigenvalue weighted by molar-refractivity contribution is 7.22. The molecule has 4 rings (SSSR count). The maximum Gasteiger partial charge on any atom is 0.272 e. The quantitative estimate of drug-likeness (QED) is 0.658. The molecule has 2 aromatic heterocycles. The van der Waals surface area contributed by atoms with E-state index in [-0.39, 0.29) is 11.9 Å². The lowest BCUT2D eigenvalue weighted by Crippen LogP contribution is -2.49. The van der Waals surface area contributed by atoms with Gasteiger partial charge in [-0.25, -0.2) is 4.98 Å². The number of piperazine rings is 1. The summed E-state index contributed by atoms with van der Waals surface area (Å²) < 4.78 is 8.50. The first-order valence-electron chi connectivity index (χ1n) is 9.68. The molecule has 8 heteroatoms. The van der Waals surface area contributed by atoms with E-state index in [0.29, 0.717) is 25.4 Å². The minimum Gasteiger partial charge on any atom is -0.494 e. The Morgan fingerprint density at radius 2 is 2.00 bits per heavy atom. The number of benzene rings is 1. The normalized spacial score (nSPS) is 14.9. The number of carbonyl (C=O) groups is 1. The van der Waals surface area contributed by atoms with Crippen LogP contribution in [0.4, 0.5) is 5.13 Å². The number of amides is 1. The Kier molecular flexibility index (Phi) is 5.21. The molecule has 0 N–H and O–H groups in total. The summed E-state index contributed by atoms with van der Waals surface area (Å²) in [6.45, 7) is 9.63. The molecule has 28 heavy (non-hydrogen) atoms. The van der Waals surface area contributed by atoms with Crippen LogP contribution in [0.3, 0.4) is 0 Å². The zero-order valence-corrected chi connectivity index (χ0v) is 17.3. The molecular weight excluding hydrogens is 374 g/mol. The van der Waals surface area contributed by atoms with Crippen molar-refractivity contribution in [1.29, 1.82) is 0 Å². The van der Waals surface area contributed by atoms with E-state index < -0.39 is 0 Å². The second-order valence-corrected chi connectivity index (χ2v) is 8.10. The second kappa shape index (κ2) is 7.79. The summed E-state index contributed by atoms with van der Waals surface area (Å²) in [4.78, 5) is 21.8. The summed E-state index contributed by atoms with van der Waals surface area (Å²) in [5.74, 6) is 0.930. The van der Waals surface area contributed by atoms with Crippen LogP contribution in [-0.4, -0.2) is 58.4 Å². The fraction of sp³-hybridized carbons (Fsp3) is 0.450. The molecule has 3 heterocycles. The second-order valence-electron chi connectivity index (χ2n) is 7.09. The Morgan fingerprint density at radius 1 is 1.21 bits per heavy atom. The standard InChI is InChI=1S/C20H25N5O2S/c1-4-27-15-5-6-16-18(13-15)28-20(22-16)24-11-9-23(10-12-24)19(26)17-7-8-21-25(17)14(2)3/h5-8,13-14H,4,9-12H2,1-3H3. The Labute approximate surface area is 168 Å². The molecule has 1 aliphatic rings. The van der Waals surface area contributed by atoms with Gasteiger partial charge in [-0.15, -0.1) is 0 Å². The van der Waals surface area contributed by atoms with Gasteiger partial charge in [-0.2, -0.15) is 5.10 Å². The fourth-order valence-electron chi connectivity index (χ4n) is 3.44. The van der Waals surface area contributed by atoms with Gasteiger partial charge in [0.25, 0.3) is 5.91 Å². The average molecular weight is 400 g/mol. The van der Waals surface area contributed by atoms with Gasteiger partial charge in [-0.3, -0.25) is 9.48 Å². The van der Waals surface area contributed by atoms with Crippen LogP contribution in [0, 0.1) is 0 Å². The monoisotopic (exact) mass is 399 g/mol. The summed E-state index contributed by atoms with van der Waals surface area (Å²) in [6.07, 6.45) is 1.70. The van der Waals surface area contributed by atoms with Crippen molar-refractivity contribution >= 4 is 32.6 Å². The molecule has 148 valence electrons. The van der Waals surface area contributed by atoms with E-state index in [1.54, 1.807) is 28.3 Å². The first kappa shape index (κ1) is 18.7. The summed E-state index contributed by atoms with van der Waals surface area (Å²) in [5, 5.41) is 5.28. The highest BCUT2D eigenvalue weighted by Crippen LogP contribution is 2.32. The molecule has 0 saturated carbocycles. The van der Waals surface area contributed by atoms with E-state index in [1.165, 1.54) is 0 Å². The number of hydrogen-bond donors (Lipinski definition) is 0. The minimum atomic E-state index is 0.0523. The smallest absolute Gasteiger partial charge is 0.272 e. The van der Waals surface area contributed by atoms with Crippen LogP contribution in [0.15, 0.2) is 30.5 Å². The van der Waals surface area contributed by atoms with Gasteiger partial charge in [-0.1, -0.05) is 11.3 Å². The van der Waals surface area contributed by atoms with Gasteiger partial charge in [-0.05, 0) is 45.0 Å². The third-order valence-corrected chi connectivity index (χ3v) is 5.95. The van der Waals surface area contributed by atoms with Crippen LogP contribution in [0.1, 0.15) is 37.3 Å². The van der Waals surface area contributed by atoms with Crippen molar-refractivity contribution in [3.8, 4) is 5.75 Å². The van der Waals surface area contributed by atoms with E-state index in [0.717, 1.165) is 34.2 Å².